The van der Waals surface area contributed by atoms with E-state index in [-0.39, 0.29) is 5.91 Å². The minimum atomic E-state index is -0.121. The first-order valence-corrected chi connectivity index (χ1v) is 6.59. The van der Waals surface area contributed by atoms with Crippen molar-refractivity contribution < 1.29 is 4.79 Å². The Hall–Kier alpha value is -1.95. The highest BCUT2D eigenvalue weighted by Gasteiger charge is 2.06. The highest BCUT2D eigenvalue weighted by Crippen LogP contribution is 2.07. The van der Waals surface area contributed by atoms with E-state index >= 15 is 0 Å². The molecule has 0 aromatic carbocycles. The predicted octanol–water partition coefficient (Wildman–Crippen LogP) is 1.90. The van der Waals surface area contributed by atoms with Crippen LogP contribution in [-0.4, -0.2) is 22.4 Å². The van der Waals surface area contributed by atoms with E-state index in [1.165, 1.54) is 11.3 Å². The summed E-state index contributed by atoms with van der Waals surface area (Å²) in [5.74, 6) is 0.586. The van der Waals surface area contributed by atoms with Crippen LogP contribution < -0.4 is 10.6 Å². The summed E-state index contributed by atoms with van der Waals surface area (Å²) in [6, 6.07) is 3.43. The molecule has 2 aromatic heterocycles. The first kappa shape index (κ1) is 12.5. The van der Waals surface area contributed by atoms with Gasteiger partial charge in [0.25, 0.3) is 5.91 Å². The molecule has 2 rings (SSSR count). The van der Waals surface area contributed by atoms with Gasteiger partial charge in [0.1, 0.15) is 5.82 Å². The Morgan fingerprint density at radius 1 is 1.44 bits per heavy atom. The van der Waals surface area contributed by atoms with Gasteiger partial charge in [0, 0.05) is 23.7 Å². The summed E-state index contributed by atoms with van der Waals surface area (Å²) in [5.41, 5.74) is 3.21. The highest BCUT2D eigenvalue weighted by molar-refractivity contribution is 7.07. The molecule has 0 fully saturated rings. The van der Waals surface area contributed by atoms with Gasteiger partial charge in [-0.1, -0.05) is 0 Å². The monoisotopic (exact) mass is 262 g/mol. The van der Waals surface area contributed by atoms with Crippen molar-refractivity contribution in [2.45, 2.75) is 13.5 Å². The number of hydrogen-bond acceptors (Lipinski definition) is 5. The molecule has 18 heavy (non-hydrogen) atoms. The summed E-state index contributed by atoms with van der Waals surface area (Å²) in [5, 5.41) is 7.80. The standard InChI is InChI=1S/C12H14N4OS/c1-2-13-11-5-9(3-4-14-11)12(17)15-6-10-7-18-8-16-10/h3-5,7-8H,2,6H2,1H3,(H,13,14)(H,15,17). The summed E-state index contributed by atoms with van der Waals surface area (Å²) < 4.78 is 0. The molecule has 1 amide bonds. The Bertz CT molecular complexity index is 513. The maximum absolute atomic E-state index is 11.9. The molecule has 94 valence electrons. The maximum atomic E-state index is 11.9. The lowest BCUT2D eigenvalue weighted by Crippen LogP contribution is -2.23. The van der Waals surface area contributed by atoms with Crippen LogP contribution in [-0.2, 0) is 6.54 Å². The zero-order valence-corrected chi connectivity index (χ0v) is 10.8. The van der Waals surface area contributed by atoms with E-state index in [9.17, 15) is 4.79 Å². The van der Waals surface area contributed by atoms with Crippen molar-refractivity contribution in [3.63, 3.8) is 0 Å². The fourth-order valence-corrected chi connectivity index (χ4v) is 2.01. The zero-order valence-electron chi connectivity index (χ0n) is 10.0. The minimum absolute atomic E-state index is 0.121. The number of aromatic nitrogens is 2. The number of thiazole rings is 1. The van der Waals surface area contributed by atoms with Gasteiger partial charge in [-0.15, -0.1) is 11.3 Å². The molecule has 0 atom stereocenters. The van der Waals surface area contributed by atoms with Crippen LogP contribution in [0.2, 0.25) is 0 Å². The van der Waals surface area contributed by atoms with Gasteiger partial charge in [0.2, 0.25) is 0 Å². The summed E-state index contributed by atoms with van der Waals surface area (Å²) in [4.78, 5) is 20.1. The second-order valence-electron chi connectivity index (χ2n) is 3.62. The van der Waals surface area contributed by atoms with Crippen molar-refractivity contribution >= 4 is 23.1 Å². The predicted molar refractivity (Wildman–Crippen MR) is 71.7 cm³/mol. The molecule has 0 radical (unpaired) electrons. The van der Waals surface area contributed by atoms with Crippen LogP contribution in [0.15, 0.2) is 29.2 Å². The molecule has 0 spiro atoms. The van der Waals surface area contributed by atoms with Crippen molar-refractivity contribution in [3.05, 3.63) is 40.5 Å². The summed E-state index contributed by atoms with van der Waals surface area (Å²) in [7, 11) is 0. The van der Waals surface area contributed by atoms with Crippen LogP contribution in [0.3, 0.4) is 0 Å². The molecule has 2 N–H and O–H groups in total. The summed E-state index contributed by atoms with van der Waals surface area (Å²) in [6.45, 7) is 3.20. The smallest absolute Gasteiger partial charge is 0.251 e. The lowest BCUT2D eigenvalue weighted by atomic mass is 10.2. The quantitative estimate of drug-likeness (QED) is 0.863. The molecule has 0 aliphatic carbocycles. The van der Waals surface area contributed by atoms with Gasteiger partial charge < -0.3 is 10.6 Å². The number of anilines is 1. The zero-order chi connectivity index (χ0) is 12.8. The molecule has 0 aliphatic rings. The van der Waals surface area contributed by atoms with Gasteiger partial charge in [-0.2, -0.15) is 0 Å². The van der Waals surface area contributed by atoms with E-state index in [0.717, 1.165) is 12.2 Å². The molecular formula is C12H14N4OS. The van der Waals surface area contributed by atoms with Gasteiger partial charge >= 0.3 is 0 Å². The van der Waals surface area contributed by atoms with Crippen molar-refractivity contribution in [2.24, 2.45) is 0 Å². The van der Waals surface area contributed by atoms with Crippen LogP contribution in [0, 0.1) is 0 Å². The Balaban J connectivity index is 1.97. The molecule has 5 nitrogen and oxygen atoms in total. The fourth-order valence-electron chi connectivity index (χ4n) is 1.45. The third-order valence-electron chi connectivity index (χ3n) is 2.29. The average molecular weight is 262 g/mol. The van der Waals surface area contributed by atoms with Crippen molar-refractivity contribution in [1.82, 2.24) is 15.3 Å². The second-order valence-corrected chi connectivity index (χ2v) is 4.34. The van der Waals surface area contributed by atoms with E-state index in [2.05, 4.69) is 20.6 Å². The minimum Gasteiger partial charge on any atom is -0.370 e. The molecule has 0 bridgehead atoms. The molecular weight excluding hydrogens is 248 g/mol. The van der Waals surface area contributed by atoms with Crippen molar-refractivity contribution in [1.29, 1.82) is 0 Å². The van der Waals surface area contributed by atoms with Crippen LogP contribution in [0.5, 0.6) is 0 Å². The molecule has 0 aliphatic heterocycles. The van der Waals surface area contributed by atoms with E-state index in [1.807, 2.05) is 12.3 Å². The molecule has 0 saturated heterocycles. The second kappa shape index (κ2) is 6.11. The number of hydrogen-bond donors (Lipinski definition) is 2. The third-order valence-corrected chi connectivity index (χ3v) is 2.93. The Morgan fingerprint density at radius 3 is 3.06 bits per heavy atom. The number of rotatable bonds is 5. The number of amides is 1. The number of nitrogens with zero attached hydrogens (tertiary/aromatic N) is 2. The van der Waals surface area contributed by atoms with Gasteiger partial charge in [0.15, 0.2) is 0 Å². The van der Waals surface area contributed by atoms with Crippen LogP contribution >= 0.6 is 11.3 Å². The van der Waals surface area contributed by atoms with Crippen molar-refractivity contribution in [3.8, 4) is 0 Å². The Morgan fingerprint density at radius 2 is 2.33 bits per heavy atom. The number of nitrogens with one attached hydrogen (secondary N) is 2. The third kappa shape index (κ3) is 3.27. The number of pyridine rings is 1. The lowest BCUT2D eigenvalue weighted by molar-refractivity contribution is 0.0950. The Labute approximate surface area is 109 Å². The average Bonchev–Trinajstić information content (AvgIpc) is 2.90. The normalized spacial score (nSPS) is 10.1. The number of carbonyl (C=O) groups excluding carboxylic acids is 1. The first-order chi connectivity index (χ1) is 8.79. The summed E-state index contributed by atoms with van der Waals surface area (Å²) in [6.07, 6.45) is 1.62. The number of carbonyl (C=O) groups is 1. The van der Waals surface area contributed by atoms with Gasteiger partial charge in [-0.3, -0.25) is 4.79 Å². The van der Waals surface area contributed by atoms with Crippen LogP contribution in [0.25, 0.3) is 0 Å². The van der Waals surface area contributed by atoms with E-state index in [1.54, 1.807) is 23.8 Å². The molecule has 0 saturated carbocycles. The van der Waals surface area contributed by atoms with Gasteiger partial charge in [-0.25, -0.2) is 9.97 Å². The molecule has 0 unspecified atom stereocenters. The maximum Gasteiger partial charge on any atom is 0.251 e. The molecule has 2 heterocycles. The van der Waals surface area contributed by atoms with Crippen molar-refractivity contribution in [2.75, 3.05) is 11.9 Å². The first-order valence-electron chi connectivity index (χ1n) is 5.64. The van der Waals surface area contributed by atoms with E-state index < -0.39 is 0 Å². The van der Waals surface area contributed by atoms with Crippen LogP contribution in [0.1, 0.15) is 23.0 Å². The van der Waals surface area contributed by atoms with Crippen LogP contribution in [0.4, 0.5) is 5.82 Å². The topological polar surface area (TPSA) is 66.9 Å². The fraction of sp³-hybridized carbons (Fsp3) is 0.250. The SMILES string of the molecule is CCNc1cc(C(=O)NCc2cscn2)ccn1. The van der Waals surface area contributed by atoms with E-state index in [0.29, 0.717) is 17.9 Å². The molecule has 2 aromatic rings. The van der Waals surface area contributed by atoms with E-state index in [4.69, 9.17) is 0 Å². The highest BCUT2D eigenvalue weighted by atomic mass is 32.1. The molecule has 6 heteroatoms. The van der Waals surface area contributed by atoms with Gasteiger partial charge in [0.05, 0.1) is 17.7 Å². The summed E-state index contributed by atoms with van der Waals surface area (Å²) >= 11 is 1.51. The van der Waals surface area contributed by atoms with Gasteiger partial charge in [-0.05, 0) is 19.1 Å². The lowest BCUT2D eigenvalue weighted by Gasteiger charge is -2.06. The Kier molecular flexibility index (Phi) is 4.25. The largest absolute Gasteiger partial charge is 0.370 e.